The average Bonchev–Trinajstić information content (AvgIpc) is 2.57. The van der Waals surface area contributed by atoms with Crippen molar-refractivity contribution < 1.29 is 8.91 Å². The zero-order valence-corrected chi connectivity index (χ0v) is 8.09. The fourth-order valence-electron chi connectivity index (χ4n) is 1.49. The fraction of sp³-hybridized carbons (Fsp3) is 0.364. The lowest BCUT2D eigenvalue weighted by atomic mass is 10.1. The van der Waals surface area contributed by atoms with Crippen LogP contribution in [0.2, 0.25) is 0 Å². The average molecular weight is 193 g/mol. The highest BCUT2D eigenvalue weighted by Crippen LogP contribution is 2.20. The van der Waals surface area contributed by atoms with Crippen molar-refractivity contribution in [3.63, 3.8) is 0 Å². The van der Waals surface area contributed by atoms with E-state index in [2.05, 4.69) is 12.1 Å². The summed E-state index contributed by atoms with van der Waals surface area (Å²) >= 11 is 0. The lowest BCUT2D eigenvalue weighted by Gasteiger charge is -1.93. The first-order valence-corrected chi connectivity index (χ1v) is 4.85. The Morgan fingerprint density at radius 1 is 1.43 bits per heavy atom. The summed E-state index contributed by atoms with van der Waals surface area (Å²) in [7, 11) is 0. The molecule has 2 aromatic rings. The standard InChI is InChI=1S/C11H12FNO/c1-2-3-4-10-9-6-5-8(12)7-11(9)14-13-10/h5-7H,2-4H2,1H3. The first-order valence-electron chi connectivity index (χ1n) is 4.85. The Morgan fingerprint density at radius 2 is 2.29 bits per heavy atom. The number of halogens is 1. The second-order valence-electron chi connectivity index (χ2n) is 3.37. The van der Waals surface area contributed by atoms with E-state index in [1.807, 2.05) is 0 Å². The topological polar surface area (TPSA) is 26.0 Å². The van der Waals surface area contributed by atoms with Crippen LogP contribution in [0, 0.1) is 5.82 Å². The zero-order valence-electron chi connectivity index (χ0n) is 8.09. The van der Waals surface area contributed by atoms with E-state index < -0.39 is 0 Å². The van der Waals surface area contributed by atoms with Gasteiger partial charge in [-0.2, -0.15) is 0 Å². The molecule has 0 aliphatic carbocycles. The number of fused-ring (bicyclic) bond motifs is 1. The minimum absolute atomic E-state index is 0.282. The molecule has 0 saturated heterocycles. The van der Waals surface area contributed by atoms with E-state index in [9.17, 15) is 4.39 Å². The van der Waals surface area contributed by atoms with E-state index in [1.54, 1.807) is 6.07 Å². The minimum Gasteiger partial charge on any atom is -0.356 e. The summed E-state index contributed by atoms with van der Waals surface area (Å²) in [6.07, 6.45) is 3.10. The van der Waals surface area contributed by atoms with Crippen molar-refractivity contribution >= 4 is 11.0 Å². The molecule has 1 aromatic carbocycles. The molecular weight excluding hydrogens is 181 g/mol. The van der Waals surface area contributed by atoms with Gasteiger partial charge in [-0.25, -0.2) is 4.39 Å². The van der Waals surface area contributed by atoms with Crippen LogP contribution in [0.4, 0.5) is 4.39 Å². The largest absolute Gasteiger partial charge is 0.356 e. The summed E-state index contributed by atoms with van der Waals surface area (Å²) in [5.74, 6) is -0.282. The van der Waals surface area contributed by atoms with Crippen LogP contribution in [-0.4, -0.2) is 5.16 Å². The molecule has 1 heterocycles. The molecule has 0 fully saturated rings. The predicted molar refractivity (Wildman–Crippen MR) is 52.6 cm³/mol. The summed E-state index contributed by atoms with van der Waals surface area (Å²) < 4.78 is 17.8. The van der Waals surface area contributed by atoms with E-state index in [0.717, 1.165) is 30.3 Å². The van der Waals surface area contributed by atoms with Crippen LogP contribution in [0.5, 0.6) is 0 Å². The van der Waals surface area contributed by atoms with Crippen molar-refractivity contribution in [2.45, 2.75) is 26.2 Å². The Hall–Kier alpha value is -1.38. The smallest absolute Gasteiger partial charge is 0.170 e. The third kappa shape index (κ3) is 1.62. The molecule has 74 valence electrons. The Labute approximate surface area is 81.7 Å². The highest BCUT2D eigenvalue weighted by Gasteiger charge is 2.07. The van der Waals surface area contributed by atoms with E-state index in [1.165, 1.54) is 12.1 Å². The molecule has 14 heavy (non-hydrogen) atoms. The Bertz CT molecular complexity index is 436. The van der Waals surface area contributed by atoms with Gasteiger partial charge >= 0.3 is 0 Å². The summed E-state index contributed by atoms with van der Waals surface area (Å²) in [5, 5.41) is 4.86. The number of hydrogen-bond acceptors (Lipinski definition) is 2. The second kappa shape index (κ2) is 3.78. The van der Waals surface area contributed by atoms with Gasteiger partial charge in [0.15, 0.2) is 5.58 Å². The lowest BCUT2D eigenvalue weighted by Crippen LogP contribution is -1.84. The predicted octanol–water partition coefficient (Wildman–Crippen LogP) is 3.31. The van der Waals surface area contributed by atoms with Gasteiger partial charge < -0.3 is 4.52 Å². The van der Waals surface area contributed by atoms with E-state index in [-0.39, 0.29) is 5.82 Å². The van der Waals surface area contributed by atoms with Crippen molar-refractivity contribution in [3.05, 3.63) is 29.7 Å². The van der Waals surface area contributed by atoms with Gasteiger partial charge in [-0.3, -0.25) is 0 Å². The van der Waals surface area contributed by atoms with Crippen LogP contribution in [-0.2, 0) is 6.42 Å². The van der Waals surface area contributed by atoms with Gasteiger partial charge in [0.25, 0.3) is 0 Å². The Kier molecular flexibility index (Phi) is 2.48. The number of rotatable bonds is 3. The van der Waals surface area contributed by atoms with Crippen LogP contribution < -0.4 is 0 Å². The van der Waals surface area contributed by atoms with Gasteiger partial charge in [0.2, 0.25) is 0 Å². The molecule has 0 aliphatic heterocycles. The Balaban J connectivity index is 2.37. The summed E-state index contributed by atoms with van der Waals surface area (Å²) in [5.41, 5.74) is 1.47. The maximum Gasteiger partial charge on any atom is 0.170 e. The molecular formula is C11H12FNO. The van der Waals surface area contributed by atoms with Crippen LogP contribution in [0.3, 0.4) is 0 Å². The van der Waals surface area contributed by atoms with Gasteiger partial charge in [0.05, 0.1) is 5.69 Å². The molecule has 0 bridgehead atoms. The van der Waals surface area contributed by atoms with E-state index >= 15 is 0 Å². The fourth-order valence-corrected chi connectivity index (χ4v) is 1.49. The highest BCUT2D eigenvalue weighted by atomic mass is 19.1. The van der Waals surface area contributed by atoms with Gasteiger partial charge in [-0.15, -0.1) is 0 Å². The van der Waals surface area contributed by atoms with E-state index in [4.69, 9.17) is 4.52 Å². The number of aryl methyl sites for hydroxylation is 1. The van der Waals surface area contributed by atoms with Gasteiger partial charge in [-0.05, 0) is 25.0 Å². The third-order valence-corrected chi connectivity index (χ3v) is 2.28. The number of nitrogens with zero attached hydrogens (tertiary/aromatic N) is 1. The SMILES string of the molecule is CCCCc1noc2cc(F)ccc12. The second-order valence-corrected chi connectivity index (χ2v) is 3.37. The third-order valence-electron chi connectivity index (χ3n) is 2.28. The Morgan fingerprint density at radius 3 is 3.07 bits per heavy atom. The highest BCUT2D eigenvalue weighted by molar-refractivity contribution is 5.79. The molecule has 3 heteroatoms. The van der Waals surface area contributed by atoms with Crippen molar-refractivity contribution in [1.29, 1.82) is 0 Å². The number of hydrogen-bond donors (Lipinski definition) is 0. The molecule has 2 rings (SSSR count). The quantitative estimate of drug-likeness (QED) is 0.747. The normalized spacial score (nSPS) is 11.0. The first-order chi connectivity index (χ1) is 6.81. The number of aromatic nitrogens is 1. The zero-order chi connectivity index (χ0) is 9.97. The molecule has 0 amide bonds. The minimum atomic E-state index is -0.282. The van der Waals surface area contributed by atoms with Crippen molar-refractivity contribution in [3.8, 4) is 0 Å². The van der Waals surface area contributed by atoms with E-state index in [0.29, 0.717) is 5.58 Å². The maximum atomic E-state index is 12.8. The lowest BCUT2D eigenvalue weighted by molar-refractivity contribution is 0.443. The van der Waals surface area contributed by atoms with Gasteiger partial charge in [-0.1, -0.05) is 18.5 Å². The van der Waals surface area contributed by atoms with Crippen molar-refractivity contribution in [2.75, 3.05) is 0 Å². The molecule has 0 aliphatic rings. The molecule has 2 nitrogen and oxygen atoms in total. The number of unbranched alkanes of at least 4 members (excludes halogenated alkanes) is 1. The molecule has 0 N–H and O–H groups in total. The van der Waals surface area contributed by atoms with Crippen LogP contribution in [0.25, 0.3) is 11.0 Å². The van der Waals surface area contributed by atoms with Crippen molar-refractivity contribution in [2.24, 2.45) is 0 Å². The number of benzene rings is 1. The van der Waals surface area contributed by atoms with Gasteiger partial charge in [0, 0.05) is 11.5 Å². The van der Waals surface area contributed by atoms with Crippen LogP contribution in [0.1, 0.15) is 25.5 Å². The molecule has 0 unspecified atom stereocenters. The molecule has 1 aromatic heterocycles. The molecule has 0 saturated carbocycles. The monoisotopic (exact) mass is 193 g/mol. The molecule has 0 spiro atoms. The molecule has 0 radical (unpaired) electrons. The summed E-state index contributed by atoms with van der Waals surface area (Å²) in [6.45, 7) is 2.13. The summed E-state index contributed by atoms with van der Waals surface area (Å²) in [4.78, 5) is 0. The first kappa shape index (κ1) is 9.19. The van der Waals surface area contributed by atoms with Crippen LogP contribution in [0.15, 0.2) is 22.7 Å². The van der Waals surface area contributed by atoms with Gasteiger partial charge in [0.1, 0.15) is 5.82 Å². The maximum absolute atomic E-state index is 12.8. The molecule has 0 atom stereocenters. The van der Waals surface area contributed by atoms with Crippen molar-refractivity contribution in [1.82, 2.24) is 5.16 Å². The van der Waals surface area contributed by atoms with Crippen LogP contribution >= 0.6 is 0 Å². The summed E-state index contributed by atoms with van der Waals surface area (Å²) in [6, 6.07) is 4.54.